The summed E-state index contributed by atoms with van der Waals surface area (Å²) in [6.07, 6.45) is -4.63. The molecule has 108 valence electrons. The summed E-state index contributed by atoms with van der Waals surface area (Å²) in [7, 11) is 0. The fourth-order valence-corrected chi connectivity index (χ4v) is 2.14. The number of alkyl halides is 3. The van der Waals surface area contributed by atoms with Gasteiger partial charge in [0.2, 0.25) is 0 Å². The molecule has 7 heteroatoms. The molecule has 0 aliphatic heterocycles. The van der Waals surface area contributed by atoms with E-state index in [9.17, 15) is 18.0 Å². The molecule has 21 heavy (non-hydrogen) atoms. The Morgan fingerprint density at radius 2 is 1.76 bits per heavy atom. The first kappa shape index (κ1) is 13.4. The number of benzene rings is 1. The van der Waals surface area contributed by atoms with Crippen molar-refractivity contribution in [2.75, 3.05) is 0 Å². The van der Waals surface area contributed by atoms with E-state index in [1.165, 1.54) is 0 Å². The number of nitrogens with one attached hydrogen (secondary N) is 2. The fourth-order valence-electron chi connectivity index (χ4n) is 2.14. The minimum atomic E-state index is -4.63. The van der Waals surface area contributed by atoms with Crippen LogP contribution in [0, 0.1) is 6.92 Å². The average Bonchev–Trinajstić information content (AvgIpc) is 2.79. The largest absolute Gasteiger partial charge is 0.417 e. The molecule has 0 fully saturated rings. The Bertz CT molecular complexity index is 860. The standard InChI is InChI=1S/C14H10F3N3O/c1-7-2-4-8(5-3-7)10-6-9(14(15,16)17)11-12(18-10)19-20-13(11)21/h2-6H,1H3,(H2,18,19,20,21). The lowest BCUT2D eigenvalue weighted by atomic mass is 10.1. The number of pyridine rings is 1. The number of halogens is 3. The lowest BCUT2D eigenvalue weighted by molar-refractivity contribution is -0.136. The zero-order valence-electron chi connectivity index (χ0n) is 10.9. The summed E-state index contributed by atoms with van der Waals surface area (Å²) in [4.78, 5) is 15.6. The van der Waals surface area contributed by atoms with Crippen molar-refractivity contribution in [1.82, 2.24) is 15.2 Å². The Labute approximate surface area is 116 Å². The Morgan fingerprint density at radius 3 is 2.38 bits per heavy atom. The van der Waals surface area contributed by atoms with Crippen molar-refractivity contribution in [3.8, 4) is 11.3 Å². The van der Waals surface area contributed by atoms with Crippen molar-refractivity contribution in [3.63, 3.8) is 0 Å². The second kappa shape index (κ2) is 4.47. The Kier molecular flexibility index (Phi) is 2.86. The van der Waals surface area contributed by atoms with E-state index in [2.05, 4.69) is 15.2 Å². The number of fused-ring (bicyclic) bond motifs is 1. The number of aromatic amines is 2. The maximum absolute atomic E-state index is 13.1. The zero-order chi connectivity index (χ0) is 15.2. The molecule has 0 aliphatic carbocycles. The van der Waals surface area contributed by atoms with Gasteiger partial charge in [0.1, 0.15) is 0 Å². The number of H-pyrrole nitrogens is 2. The Balaban J connectivity index is 2.31. The molecule has 0 saturated heterocycles. The summed E-state index contributed by atoms with van der Waals surface area (Å²) < 4.78 is 39.4. The van der Waals surface area contributed by atoms with Crippen LogP contribution in [-0.2, 0) is 6.18 Å². The maximum atomic E-state index is 13.1. The van der Waals surface area contributed by atoms with Crippen molar-refractivity contribution in [1.29, 1.82) is 0 Å². The Hall–Kier alpha value is -2.57. The lowest BCUT2D eigenvalue weighted by Gasteiger charge is -2.09. The summed E-state index contributed by atoms with van der Waals surface area (Å²) in [5, 5.41) is 4.03. The van der Waals surface area contributed by atoms with Crippen LogP contribution in [0.5, 0.6) is 0 Å². The summed E-state index contributed by atoms with van der Waals surface area (Å²) in [6, 6.07) is 7.85. The van der Waals surface area contributed by atoms with Gasteiger partial charge in [0.05, 0.1) is 16.6 Å². The Morgan fingerprint density at radius 1 is 1.10 bits per heavy atom. The maximum Gasteiger partial charge on any atom is 0.417 e. The predicted octanol–water partition coefficient (Wildman–Crippen LogP) is 3.25. The molecule has 0 unspecified atom stereocenters. The molecule has 2 heterocycles. The van der Waals surface area contributed by atoms with Crippen LogP contribution in [0.2, 0.25) is 0 Å². The molecule has 0 bridgehead atoms. The quantitative estimate of drug-likeness (QED) is 0.723. The van der Waals surface area contributed by atoms with Gasteiger partial charge in [-0.25, -0.2) is 4.98 Å². The van der Waals surface area contributed by atoms with E-state index >= 15 is 0 Å². The lowest BCUT2D eigenvalue weighted by Crippen LogP contribution is -2.11. The molecule has 3 rings (SSSR count). The molecule has 2 aromatic heterocycles. The minimum absolute atomic E-state index is 0.106. The van der Waals surface area contributed by atoms with Gasteiger partial charge in [-0.3, -0.25) is 15.0 Å². The van der Waals surface area contributed by atoms with Crippen LogP contribution in [0.3, 0.4) is 0 Å². The predicted molar refractivity (Wildman–Crippen MR) is 71.9 cm³/mol. The van der Waals surface area contributed by atoms with Crippen LogP contribution in [0.25, 0.3) is 22.3 Å². The molecule has 0 radical (unpaired) electrons. The van der Waals surface area contributed by atoms with Crippen LogP contribution >= 0.6 is 0 Å². The van der Waals surface area contributed by atoms with Crippen LogP contribution in [0.1, 0.15) is 11.1 Å². The number of hydrogen-bond donors (Lipinski definition) is 2. The molecule has 0 aliphatic rings. The van der Waals surface area contributed by atoms with Gasteiger partial charge < -0.3 is 0 Å². The molecule has 1 aromatic carbocycles. The van der Waals surface area contributed by atoms with E-state index in [-0.39, 0.29) is 11.3 Å². The van der Waals surface area contributed by atoms with Crippen molar-refractivity contribution >= 4 is 11.0 Å². The van der Waals surface area contributed by atoms with E-state index in [0.29, 0.717) is 5.56 Å². The van der Waals surface area contributed by atoms with Gasteiger partial charge in [0.15, 0.2) is 5.65 Å². The molecule has 2 N–H and O–H groups in total. The summed E-state index contributed by atoms with van der Waals surface area (Å²) in [5.74, 6) is 0. The van der Waals surface area contributed by atoms with E-state index in [1.54, 1.807) is 24.3 Å². The molecule has 0 spiro atoms. The van der Waals surface area contributed by atoms with E-state index in [1.807, 2.05) is 6.92 Å². The van der Waals surface area contributed by atoms with Gasteiger partial charge >= 0.3 is 6.18 Å². The highest BCUT2D eigenvalue weighted by molar-refractivity contribution is 5.82. The van der Waals surface area contributed by atoms with Crippen molar-refractivity contribution in [2.24, 2.45) is 0 Å². The monoisotopic (exact) mass is 293 g/mol. The first-order chi connectivity index (χ1) is 9.86. The SMILES string of the molecule is Cc1ccc(-c2cc(C(F)(F)F)c3c(=O)[nH][nH]c3n2)cc1. The van der Waals surface area contributed by atoms with Crippen LogP contribution in [0.4, 0.5) is 13.2 Å². The number of aromatic nitrogens is 3. The third kappa shape index (κ3) is 2.31. The molecule has 0 saturated carbocycles. The second-order valence-electron chi connectivity index (χ2n) is 4.72. The third-order valence-corrected chi connectivity index (χ3v) is 3.19. The fraction of sp³-hybridized carbons (Fsp3) is 0.143. The molecular weight excluding hydrogens is 283 g/mol. The van der Waals surface area contributed by atoms with Gasteiger partial charge in [-0.1, -0.05) is 29.8 Å². The van der Waals surface area contributed by atoms with Gasteiger partial charge in [0, 0.05) is 5.56 Å². The average molecular weight is 293 g/mol. The highest BCUT2D eigenvalue weighted by atomic mass is 19.4. The van der Waals surface area contributed by atoms with Crippen molar-refractivity contribution in [3.05, 3.63) is 51.8 Å². The first-order valence-electron chi connectivity index (χ1n) is 6.12. The molecular formula is C14H10F3N3O. The van der Waals surface area contributed by atoms with Crippen LogP contribution < -0.4 is 5.56 Å². The number of nitrogens with zero attached hydrogens (tertiary/aromatic N) is 1. The van der Waals surface area contributed by atoms with Crippen LogP contribution in [0.15, 0.2) is 35.1 Å². The van der Waals surface area contributed by atoms with E-state index in [4.69, 9.17) is 0 Å². The highest BCUT2D eigenvalue weighted by Gasteiger charge is 2.35. The molecule has 3 aromatic rings. The smallest absolute Gasteiger partial charge is 0.281 e. The van der Waals surface area contributed by atoms with Crippen LogP contribution in [-0.4, -0.2) is 15.2 Å². The topological polar surface area (TPSA) is 61.5 Å². The normalized spacial score (nSPS) is 12.0. The highest BCUT2D eigenvalue weighted by Crippen LogP contribution is 2.35. The number of hydrogen-bond acceptors (Lipinski definition) is 2. The summed E-state index contributed by atoms with van der Waals surface area (Å²) in [5.41, 5.74) is -0.234. The number of aryl methyl sites for hydroxylation is 1. The number of rotatable bonds is 1. The van der Waals surface area contributed by atoms with E-state index in [0.717, 1.165) is 11.6 Å². The summed E-state index contributed by atoms with van der Waals surface area (Å²) >= 11 is 0. The molecule has 4 nitrogen and oxygen atoms in total. The van der Waals surface area contributed by atoms with Gasteiger partial charge in [-0.15, -0.1) is 0 Å². The minimum Gasteiger partial charge on any atom is -0.281 e. The van der Waals surface area contributed by atoms with Gasteiger partial charge in [-0.05, 0) is 13.0 Å². The van der Waals surface area contributed by atoms with Gasteiger partial charge in [0.25, 0.3) is 5.56 Å². The molecule has 0 atom stereocenters. The first-order valence-corrected chi connectivity index (χ1v) is 6.12. The molecule has 0 amide bonds. The van der Waals surface area contributed by atoms with Crippen molar-refractivity contribution in [2.45, 2.75) is 13.1 Å². The zero-order valence-corrected chi connectivity index (χ0v) is 10.9. The third-order valence-electron chi connectivity index (χ3n) is 3.19. The van der Waals surface area contributed by atoms with Gasteiger partial charge in [-0.2, -0.15) is 13.2 Å². The summed E-state index contributed by atoms with van der Waals surface area (Å²) in [6.45, 7) is 1.88. The van der Waals surface area contributed by atoms with Crippen molar-refractivity contribution < 1.29 is 13.2 Å². The second-order valence-corrected chi connectivity index (χ2v) is 4.72. The van der Waals surface area contributed by atoms with E-state index < -0.39 is 22.7 Å².